The fraction of sp³-hybridized carbons (Fsp3) is 0.444. The molecule has 2 atom stereocenters. The average Bonchev–Trinajstić information content (AvgIpc) is 3.14. The van der Waals surface area contributed by atoms with Gasteiger partial charge in [0.2, 0.25) is 0 Å². The molecule has 1 saturated heterocycles. The van der Waals surface area contributed by atoms with Crippen LogP contribution in [0, 0.1) is 5.82 Å². The number of halogens is 1. The van der Waals surface area contributed by atoms with Gasteiger partial charge in [0.15, 0.2) is 11.6 Å². The number of benzene rings is 1. The first-order valence-corrected chi connectivity index (χ1v) is 8.38. The summed E-state index contributed by atoms with van der Waals surface area (Å²) in [5.41, 5.74) is 1.29. The minimum Gasteiger partial charge on any atom is -0.490 e. The molecule has 25 heavy (non-hydrogen) atoms. The predicted molar refractivity (Wildman–Crippen MR) is 92.3 cm³/mol. The van der Waals surface area contributed by atoms with Gasteiger partial charge in [-0.15, -0.1) is 0 Å². The van der Waals surface area contributed by atoms with Crippen molar-refractivity contribution in [1.29, 1.82) is 0 Å². The minimum atomic E-state index is -0.527. The van der Waals surface area contributed by atoms with E-state index in [0.29, 0.717) is 6.61 Å². The smallest absolute Gasteiger partial charge is 0.255 e. The van der Waals surface area contributed by atoms with Crippen molar-refractivity contribution in [3.8, 4) is 5.75 Å². The Bertz CT molecular complexity index is 761. The summed E-state index contributed by atoms with van der Waals surface area (Å²) in [6, 6.07) is 4.32. The molecule has 134 valence electrons. The summed E-state index contributed by atoms with van der Waals surface area (Å²) in [4.78, 5) is 19.1. The lowest BCUT2D eigenvalue weighted by atomic mass is 9.99. The maximum absolute atomic E-state index is 14.0. The zero-order valence-corrected chi connectivity index (χ0v) is 14.7. The molecule has 7 heteroatoms. The molecule has 1 N–H and O–H groups in total. The van der Waals surface area contributed by atoms with Gasteiger partial charge in [0.1, 0.15) is 0 Å². The van der Waals surface area contributed by atoms with Crippen LogP contribution in [-0.4, -0.2) is 53.1 Å². The second kappa shape index (κ2) is 7.23. The van der Waals surface area contributed by atoms with Crippen molar-refractivity contribution < 1.29 is 13.9 Å². The van der Waals surface area contributed by atoms with E-state index in [1.807, 2.05) is 24.9 Å². The van der Waals surface area contributed by atoms with Gasteiger partial charge in [-0.05, 0) is 26.1 Å². The molecule has 0 unspecified atom stereocenters. The zero-order valence-electron chi connectivity index (χ0n) is 14.7. The van der Waals surface area contributed by atoms with E-state index in [1.54, 1.807) is 19.3 Å². The Hall–Kier alpha value is -2.41. The van der Waals surface area contributed by atoms with Crippen LogP contribution in [0.25, 0.3) is 0 Å². The van der Waals surface area contributed by atoms with E-state index in [4.69, 9.17) is 4.74 Å². The molecule has 2 heterocycles. The van der Waals surface area contributed by atoms with Gasteiger partial charge in [-0.25, -0.2) is 9.37 Å². The number of carbonyl (C=O) groups is 1. The van der Waals surface area contributed by atoms with Crippen molar-refractivity contribution in [2.45, 2.75) is 18.9 Å². The van der Waals surface area contributed by atoms with Crippen LogP contribution in [-0.2, 0) is 7.05 Å². The van der Waals surface area contributed by atoms with E-state index in [2.05, 4.69) is 15.2 Å². The summed E-state index contributed by atoms with van der Waals surface area (Å²) < 4.78 is 21.3. The van der Waals surface area contributed by atoms with E-state index in [0.717, 1.165) is 18.8 Å². The fourth-order valence-corrected chi connectivity index (χ4v) is 3.40. The van der Waals surface area contributed by atoms with E-state index >= 15 is 0 Å². The number of nitrogens with one attached hydrogen (secondary N) is 1. The third-order valence-electron chi connectivity index (χ3n) is 4.55. The van der Waals surface area contributed by atoms with Gasteiger partial charge in [-0.3, -0.25) is 4.79 Å². The summed E-state index contributed by atoms with van der Waals surface area (Å²) in [6.07, 6.45) is 3.59. The molecule has 0 bridgehead atoms. The van der Waals surface area contributed by atoms with E-state index in [1.165, 1.54) is 12.1 Å². The second-order valence-electron chi connectivity index (χ2n) is 6.39. The van der Waals surface area contributed by atoms with Crippen molar-refractivity contribution in [2.75, 3.05) is 26.7 Å². The number of nitrogens with zero attached hydrogens (tertiary/aromatic N) is 3. The number of para-hydroxylation sites is 1. The van der Waals surface area contributed by atoms with Gasteiger partial charge in [-0.1, -0.05) is 6.07 Å². The SMILES string of the molecule is CCOc1c(F)cccc1C(=O)N[C@@H]1CN(C)C[C@H]1c1cncn1C. The quantitative estimate of drug-likeness (QED) is 0.897. The number of rotatable bonds is 5. The third-order valence-corrected chi connectivity index (χ3v) is 4.55. The van der Waals surface area contributed by atoms with Gasteiger partial charge in [0, 0.05) is 37.9 Å². The first-order valence-electron chi connectivity index (χ1n) is 8.38. The van der Waals surface area contributed by atoms with Crippen LogP contribution in [0.3, 0.4) is 0 Å². The molecule has 1 aliphatic heterocycles. The lowest BCUT2D eigenvalue weighted by molar-refractivity contribution is 0.0930. The highest BCUT2D eigenvalue weighted by Crippen LogP contribution is 2.28. The topological polar surface area (TPSA) is 59.4 Å². The maximum atomic E-state index is 14.0. The van der Waals surface area contributed by atoms with Gasteiger partial charge in [0.05, 0.1) is 24.5 Å². The normalized spacial score (nSPS) is 20.6. The van der Waals surface area contributed by atoms with Gasteiger partial charge < -0.3 is 19.5 Å². The number of hydrogen-bond acceptors (Lipinski definition) is 4. The van der Waals surface area contributed by atoms with Crippen LogP contribution in [0.15, 0.2) is 30.7 Å². The molecule has 1 aromatic carbocycles. The number of hydrogen-bond donors (Lipinski definition) is 1. The van der Waals surface area contributed by atoms with Crippen LogP contribution >= 0.6 is 0 Å². The largest absolute Gasteiger partial charge is 0.490 e. The summed E-state index contributed by atoms with van der Waals surface area (Å²) >= 11 is 0. The standard InChI is InChI=1S/C18H23FN4O2/c1-4-25-17-12(6-5-7-14(17)19)18(24)21-15-10-22(2)9-13(15)16-8-20-11-23(16)3/h5-8,11,13,15H,4,9-10H2,1-3H3,(H,21,24)/t13-,15-/m1/s1. The molecule has 6 nitrogen and oxygen atoms in total. The predicted octanol–water partition coefficient (Wildman–Crippen LogP) is 1.79. The Kier molecular flexibility index (Phi) is 5.03. The molecular weight excluding hydrogens is 323 g/mol. The van der Waals surface area contributed by atoms with Crippen LogP contribution < -0.4 is 10.1 Å². The maximum Gasteiger partial charge on any atom is 0.255 e. The number of likely N-dealkylation sites (N-methyl/N-ethyl adjacent to an activating group) is 1. The molecule has 0 spiro atoms. The first kappa shape index (κ1) is 17.4. The zero-order chi connectivity index (χ0) is 18.0. The van der Waals surface area contributed by atoms with Crippen molar-refractivity contribution in [3.63, 3.8) is 0 Å². The van der Waals surface area contributed by atoms with Crippen molar-refractivity contribution >= 4 is 5.91 Å². The van der Waals surface area contributed by atoms with Crippen molar-refractivity contribution in [3.05, 3.63) is 47.8 Å². The Balaban J connectivity index is 1.83. The average molecular weight is 346 g/mol. The molecule has 0 saturated carbocycles. The van der Waals surface area contributed by atoms with Crippen LogP contribution in [0.1, 0.15) is 28.9 Å². The Morgan fingerprint density at radius 1 is 1.40 bits per heavy atom. The molecule has 0 radical (unpaired) electrons. The van der Waals surface area contributed by atoms with Gasteiger partial charge >= 0.3 is 0 Å². The highest BCUT2D eigenvalue weighted by atomic mass is 19.1. The second-order valence-corrected chi connectivity index (χ2v) is 6.39. The summed E-state index contributed by atoms with van der Waals surface area (Å²) in [7, 11) is 3.96. The van der Waals surface area contributed by atoms with Gasteiger partial charge in [0.25, 0.3) is 5.91 Å². The highest BCUT2D eigenvalue weighted by molar-refractivity contribution is 5.97. The highest BCUT2D eigenvalue weighted by Gasteiger charge is 2.35. The Morgan fingerprint density at radius 3 is 2.88 bits per heavy atom. The van der Waals surface area contributed by atoms with Crippen molar-refractivity contribution in [1.82, 2.24) is 19.8 Å². The molecule has 1 aliphatic rings. The van der Waals surface area contributed by atoms with Gasteiger partial charge in [-0.2, -0.15) is 0 Å². The summed E-state index contributed by atoms with van der Waals surface area (Å²) in [5, 5.41) is 3.05. The number of aromatic nitrogens is 2. The summed E-state index contributed by atoms with van der Waals surface area (Å²) in [5.74, 6) is -0.715. The molecule has 1 amide bonds. The lowest BCUT2D eigenvalue weighted by Gasteiger charge is -2.21. The number of amides is 1. The first-order chi connectivity index (χ1) is 12.0. The fourth-order valence-electron chi connectivity index (χ4n) is 3.40. The van der Waals surface area contributed by atoms with E-state index in [9.17, 15) is 9.18 Å². The summed E-state index contributed by atoms with van der Waals surface area (Å²) in [6.45, 7) is 3.61. The minimum absolute atomic E-state index is 0.00550. The van der Waals surface area contributed by atoms with Crippen LogP contribution in [0.5, 0.6) is 5.75 Å². The molecule has 1 aromatic heterocycles. The Labute approximate surface area is 146 Å². The molecule has 2 aromatic rings. The van der Waals surface area contributed by atoms with E-state index in [-0.39, 0.29) is 29.2 Å². The third kappa shape index (κ3) is 3.51. The number of ether oxygens (including phenoxy) is 1. The lowest BCUT2D eigenvalue weighted by Crippen LogP contribution is -2.40. The van der Waals surface area contributed by atoms with Crippen molar-refractivity contribution in [2.24, 2.45) is 7.05 Å². The van der Waals surface area contributed by atoms with E-state index < -0.39 is 5.82 Å². The molecular formula is C18H23FN4O2. The van der Waals surface area contributed by atoms with Crippen LogP contribution in [0.2, 0.25) is 0 Å². The number of carbonyl (C=O) groups excluding carboxylic acids is 1. The number of imidazole rings is 1. The Morgan fingerprint density at radius 2 is 2.20 bits per heavy atom. The molecule has 3 rings (SSSR count). The van der Waals surface area contributed by atoms with Crippen LogP contribution in [0.4, 0.5) is 4.39 Å². The number of likely N-dealkylation sites (tertiary alicyclic amines) is 1. The molecule has 1 fully saturated rings. The molecule has 0 aliphatic carbocycles. The number of aryl methyl sites for hydroxylation is 1. The monoisotopic (exact) mass is 346 g/mol.